The Labute approximate surface area is 125 Å². The summed E-state index contributed by atoms with van der Waals surface area (Å²) in [5.41, 5.74) is 5.89. The van der Waals surface area contributed by atoms with E-state index in [1.54, 1.807) is 5.56 Å². The van der Waals surface area contributed by atoms with Gasteiger partial charge in [-0.15, -0.1) is 0 Å². The third kappa shape index (κ3) is 3.85. The zero-order chi connectivity index (χ0) is 14.5. The number of aryl methyl sites for hydroxylation is 3. The van der Waals surface area contributed by atoms with Gasteiger partial charge in [0.05, 0.1) is 0 Å². The summed E-state index contributed by atoms with van der Waals surface area (Å²) in [5.74, 6) is 0.864. The highest BCUT2D eigenvalue weighted by Crippen LogP contribution is 2.28. The molecule has 1 fully saturated rings. The van der Waals surface area contributed by atoms with Crippen molar-refractivity contribution in [1.82, 2.24) is 5.32 Å². The number of likely N-dealkylation sites (N-methyl/N-ethyl adjacent to an activating group) is 1. The Balaban J connectivity index is 2.13. The summed E-state index contributed by atoms with van der Waals surface area (Å²) in [6.45, 7) is 6.74. The van der Waals surface area contributed by atoms with Gasteiger partial charge in [0.15, 0.2) is 0 Å². The second-order valence-corrected chi connectivity index (χ2v) is 6.73. The third-order valence-electron chi connectivity index (χ3n) is 5.10. The predicted octanol–water partition coefficient (Wildman–Crippen LogP) is 4.71. The molecule has 0 heterocycles. The lowest BCUT2D eigenvalue weighted by molar-refractivity contribution is 0.332. The van der Waals surface area contributed by atoms with Crippen molar-refractivity contribution in [3.63, 3.8) is 0 Å². The Bertz CT molecular complexity index is 404. The first-order valence-electron chi connectivity index (χ1n) is 8.36. The average molecular weight is 273 g/mol. The third-order valence-corrected chi connectivity index (χ3v) is 5.10. The van der Waals surface area contributed by atoms with E-state index in [4.69, 9.17) is 0 Å². The lowest BCUT2D eigenvalue weighted by Crippen LogP contribution is -2.35. The first-order valence-corrected chi connectivity index (χ1v) is 8.36. The van der Waals surface area contributed by atoms with E-state index in [-0.39, 0.29) is 0 Å². The molecule has 0 radical (unpaired) electrons. The van der Waals surface area contributed by atoms with E-state index >= 15 is 0 Å². The Morgan fingerprint density at radius 3 is 2.05 bits per heavy atom. The van der Waals surface area contributed by atoms with Crippen LogP contribution in [0.15, 0.2) is 12.1 Å². The van der Waals surface area contributed by atoms with E-state index in [0.717, 1.165) is 5.92 Å². The van der Waals surface area contributed by atoms with Crippen molar-refractivity contribution in [2.24, 2.45) is 5.92 Å². The van der Waals surface area contributed by atoms with Crippen LogP contribution in [0.3, 0.4) is 0 Å². The molecule has 0 amide bonds. The van der Waals surface area contributed by atoms with Crippen LogP contribution in [0, 0.1) is 26.7 Å². The summed E-state index contributed by atoms with van der Waals surface area (Å²) in [6.07, 6.45) is 9.75. The second-order valence-electron chi connectivity index (χ2n) is 6.73. The van der Waals surface area contributed by atoms with Crippen LogP contribution in [0.2, 0.25) is 0 Å². The molecule has 1 N–H and O–H groups in total. The highest BCUT2D eigenvalue weighted by molar-refractivity contribution is 5.38. The number of rotatable bonds is 4. The number of nitrogens with one attached hydrogen (secondary N) is 1. The number of benzene rings is 1. The highest BCUT2D eigenvalue weighted by Gasteiger charge is 2.22. The van der Waals surface area contributed by atoms with Crippen molar-refractivity contribution in [2.75, 3.05) is 7.05 Å². The molecule has 0 spiro atoms. The van der Waals surface area contributed by atoms with E-state index in [0.29, 0.717) is 6.04 Å². The Morgan fingerprint density at radius 2 is 1.55 bits per heavy atom. The van der Waals surface area contributed by atoms with Crippen molar-refractivity contribution < 1.29 is 0 Å². The normalized spacial score (nSPS) is 18.8. The molecular formula is C19H31N. The summed E-state index contributed by atoms with van der Waals surface area (Å²) < 4.78 is 0. The molecule has 0 aliphatic heterocycles. The van der Waals surface area contributed by atoms with E-state index in [1.165, 1.54) is 61.6 Å². The summed E-state index contributed by atoms with van der Waals surface area (Å²) in [6, 6.07) is 5.32. The second kappa shape index (κ2) is 7.26. The van der Waals surface area contributed by atoms with Crippen LogP contribution in [-0.2, 0) is 6.42 Å². The van der Waals surface area contributed by atoms with E-state index in [2.05, 4.69) is 45.3 Å². The molecule has 1 aromatic rings. The molecule has 20 heavy (non-hydrogen) atoms. The fourth-order valence-corrected chi connectivity index (χ4v) is 3.97. The molecule has 1 aromatic carbocycles. The molecular weight excluding hydrogens is 242 g/mol. The minimum absolute atomic E-state index is 0.646. The van der Waals surface area contributed by atoms with Gasteiger partial charge in [-0.1, -0.05) is 43.4 Å². The van der Waals surface area contributed by atoms with Gasteiger partial charge in [0.2, 0.25) is 0 Å². The fourth-order valence-electron chi connectivity index (χ4n) is 3.97. The van der Waals surface area contributed by atoms with Crippen LogP contribution in [0.25, 0.3) is 0 Å². The Kier molecular flexibility index (Phi) is 5.65. The van der Waals surface area contributed by atoms with Crippen LogP contribution in [0.5, 0.6) is 0 Å². The van der Waals surface area contributed by atoms with E-state index < -0.39 is 0 Å². The maximum atomic E-state index is 3.62. The maximum Gasteiger partial charge on any atom is 0.0133 e. The van der Waals surface area contributed by atoms with Crippen molar-refractivity contribution >= 4 is 0 Å². The number of hydrogen-bond acceptors (Lipinski definition) is 1. The number of hydrogen-bond donors (Lipinski definition) is 1. The summed E-state index contributed by atoms with van der Waals surface area (Å²) in [5, 5.41) is 3.62. The lowest BCUT2D eigenvalue weighted by Gasteiger charge is -2.27. The first-order chi connectivity index (χ1) is 9.61. The van der Waals surface area contributed by atoms with Crippen molar-refractivity contribution in [3.8, 4) is 0 Å². The lowest BCUT2D eigenvalue weighted by atomic mass is 9.85. The standard InChI is InChI=1S/C19H31N/c1-14-11-15(2)18(16(3)12-14)13-19(20-4)17-9-7-5-6-8-10-17/h11-12,17,19-20H,5-10,13H2,1-4H3. The molecule has 1 atom stereocenters. The molecule has 0 bridgehead atoms. The first kappa shape index (κ1) is 15.6. The Morgan fingerprint density at radius 1 is 1.00 bits per heavy atom. The van der Waals surface area contributed by atoms with Gasteiger partial charge in [0, 0.05) is 6.04 Å². The van der Waals surface area contributed by atoms with Gasteiger partial charge in [-0.25, -0.2) is 0 Å². The largest absolute Gasteiger partial charge is 0.316 e. The van der Waals surface area contributed by atoms with Crippen LogP contribution in [0.1, 0.15) is 60.8 Å². The van der Waals surface area contributed by atoms with Crippen LogP contribution in [-0.4, -0.2) is 13.1 Å². The van der Waals surface area contributed by atoms with Gasteiger partial charge in [-0.2, -0.15) is 0 Å². The van der Waals surface area contributed by atoms with Gasteiger partial charge in [0.1, 0.15) is 0 Å². The summed E-state index contributed by atoms with van der Waals surface area (Å²) >= 11 is 0. The molecule has 1 aliphatic carbocycles. The van der Waals surface area contributed by atoms with Gasteiger partial charge in [0.25, 0.3) is 0 Å². The molecule has 1 saturated carbocycles. The topological polar surface area (TPSA) is 12.0 Å². The SMILES string of the molecule is CNC(Cc1c(C)cc(C)cc1C)C1CCCCCC1. The average Bonchev–Trinajstić information content (AvgIpc) is 2.67. The minimum atomic E-state index is 0.646. The predicted molar refractivity (Wildman–Crippen MR) is 88.4 cm³/mol. The van der Waals surface area contributed by atoms with E-state index in [1.807, 2.05) is 0 Å². The van der Waals surface area contributed by atoms with Gasteiger partial charge in [-0.05, 0) is 69.7 Å². The van der Waals surface area contributed by atoms with Crippen LogP contribution < -0.4 is 5.32 Å². The molecule has 1 nitrogen and oxygen atoms in total. The van der Waals surface area contributed by atoms with Crippen LogP contribution in [0.4, 0.5) is 0 Å². The summed E-state index contributed by atoms with van der Waals surface area (Å²) in [7, 11) is 2.15. The Hall–Kier alpha value is -0.820. The molecule has 2 rings (SSSR count). The molecule has 112 valence electrons. The van der Waals surface area contributed by atoms with Gasteiger partial charge in [-0.3, -0.25) is 0 Å². The van der Waals surface area contributed by atoms with E-state index in [9.17, 15) is 0 Å². The fraction of sp³-hybridized carbons (Fsp3) is 0.684. The molecule has 1 heteroatoms. The van der Waals surface area contributed by atoms with Crippen molar-refractivity contribution in [3.05, 3.63) is 34.4 Å². The quantitative estimate of drug-likeness (QED) is 0.783. The smallest absolute Gasteiger partial charge is 0.0133 e. The molecule has 1 aliphatic rings. The van der Waals surface area contributed by atoms with Crippen LogP contribution >= 0.6 is 0 Å². The molecule has 1 unspecified atom stereocenters. The highest BCUT2D eigenvalue weighted by atomic mass is 14.9. The summed E-state index contributed by atoms with van der Waals surface area (Å²) in [4.78, 5) is 0. The zero-order valence-electron chi connectivity index (χ0n) is 13.8. The zero-order valence-corrected chi connectivity index (χ0v) is 13.8. The van der Waals surface area contributed by atoms with Crippen molar-refractivity contribution in [1.29, 1.82) is 0 Å². The maximum absolute atomic E-state index is 3.62. The molecule has 0 saturated heterocycles. The molecule has 0 aromatic heterocycles. The minimum Gasteiger partial charge on any atom is -0.316 e. The van der Waals surface area contributed by atoms with Gasteiger partial charge >= 0.3 is 0 Å². The van der Waals surface area contributed by atoms with Crippen molar-refractivity contribution in [2.45, 2.75) is 71.8 Å². The monoisotopic (exact) mass is 273 g/mol. The van der Waals surface area contributed by atoms with Gasteiger partial charge < -0.3 is 5.32 Å².